The molecule has 0 amide bonds. The Balaban J connectivity index is 1.35. The number of ether oxygens (including phenoxy) is 1. The maximum atomic E-state index is 13.7. The number of aromatic nitrogens is 2. The molecule has 7 nitrogen and oxygen atoms in total. The number of hydrogen-bond acceptors (Lipinski definition) is 5. The molecule has 6 rings (SSSR count). The Morgan fingerprint density at radius 3 is 2.35 bits per heavy atom. The molecule has 1 aromatic heterocycles. The summed E-state index contributed by atoms with van der Waals surface area (Å²) in [6, 6.07) is 9.77. The lowest BCUT2D eigenvalue weighted by Gasteiger charge is -2.48. The number of rotatable bonds is 5. The molecule has 12 heteroatoms. The van der Waals surface area contributed by atoms with Crippen LogP contribution >= 0.6 is 0 Å². The normalized spacial score (nSPS) is 22.4. The van der Waals surface area contributed by atoms with E-state index in [1.54, 1.807) is 23.0 Å². The van der Waals surface area contributed by atoms with E-state index in [2.05, 4.69) is 16.1 Å². The van der Waals surface area contributed by atoms with E-state index in [4.69, 9.17) is 4.74 Å². The highest BCUT2D eigenvalue weighted by molar-refractivity contribution is 7.89. The van der Waals surface area contributed by atoms with E-state index >= 15 is 0 Å². The SMILES string of the molecule is O=S(=O)(c1ccc(C(F)(F)F)cc1)N1CCC2=Cc3c(cnn3-c3ccc(F)cc3)CC2(CN2CCOCC2)C1. The number of nitrogens with zero attached hydrogens (tertiary/aromatic N) is 4. The van der Waals surface area contributed by atoms with Gasteiger partial charge in [-0.25, -0.2) is 17.5 Å². The summed E-state index contributed by atoms with van der Waals surface area (Å²) in [6.07, 6.45) is 0.325. The summed E-state index contributed by atoms with van der Waals surface area (Å²) in [5.41, 5.74) is 2.24. The fourth-order valence-electron chi connectivity index (χ4n) is 5.99. The van der Waals surface area contributed by atoms with Crippen LogP contribution < -0.4 is 0 Å². The van der Waals surface area contributed by atoms with Crippen molar-refractivity contribution in [3.05, 3.63) is 82.9 Å². The van der Waals surface area contributed by atoms with Gasteiger partial charge in [0.15, 0.2) is 0 Å². The van der Waals surface area contributed by atoms with Crippen molar-refractivity contribution in [2.24, 2.45) is 5.41 Å². The van der Waals surface area contributed by atoms with E-state index in [1.165, 1.54) is 16.4 Å². The first kappa shape index (κ1) is 27.1. The highest BCUT2D eigenvalue weighted by Gasteiger charge is 2.47. The highest BCUT2D eigenvalue weighted by Crippen LogP contribution is 2.46. The Morgan fingerprint density at radius 2 is 1.68 bits per heavy atom. The monoisotopic (exact) mass is 576 g/mol. The van der Waals surface area contributed by atoms with Gasteiger partial charge in [-0.15, -0.1) is 0 Å². The molecule has 0 spiro atoms. The molecule has 0 radical (unpaired) electrons. The molecule has 1 atom stereocenters. The first-order valence-electron chi connectivity index (χ1n) is 13.1. The van der Waals surface area contributed by atoms with Gasteiger partial charge in [-0.3, -0.25) is 4.90 Å². The second-order valence-electron chi connectivity index (χ2n) is 10.6. The predicted molar refractivity (Wildman–Crippen MR) is 140 cm³/mol. The first-order valence-corrected chi connectivity index (χ1v) is 14.5. The molecule has 0 N–H and O–H groups in total. The zero-order valence-corrected chi connectivity index (χ0v) is 22.4. The Kier molecular flexibility index (Phi) is 6.84. The van der Waals surface area contributed by atoms with Crippen LogP contribution in [0, 0.1) is 11.2 Å². The van der Waals surface area contributed by atoms with E-state index < -0.39 is 27.2 Å². The molecule has 212 valence electrons. The van der Waals surface area contributed by atoms with Crippen molar-refractivity contribution in [3.8, 4) is 5.69 Å². The Hall–Kier alpha value is -3.06. The van der Waals surface area contributed by atoms with Crippen LogP contribution in [0.4, 0.5) is 17.6 Å². The molecular formula is C28H28F4N4O3S. The van der Waals surface area contributed by atoms with Crippen molar-refractivity contribution in [2.45, 2.75) is 23.9 Å². The second kappa shape index (κ2) is 10.1. The van der Waals surface area contributed by atoms with Crippen LogP contribution in [-0.2, 0) is 27.4 Å². The second-order valence-corrected chi connectivity index (χ2v) is 12.5. The fraction of sp³-hybridized carbons (Fsp3) is 0.393. The molecule has 1 aliphatic carbocycles. The molecule has 2 aromatic carbocycles. The standard InChI is InChI=1S/C28H28F4N4O3S/c29-23-3-5-24(6-4-23)36-26-15-22-9-10-35(40(37,38)25-7-1-21(2-8-25)28(30,31)32)19-27(22,16-20(26)17-33-36)18-34-11-13-39-14-12-34/h1-8,15,17H,9-14,16,18-19H2. The van der Waals surface area contributed by atoms with Crippen LogP contribution in [0.15, 0.2) is 65.2 Å². The van der Waals surface area contributed by atoms with Crippen molar-refractivity contribution in [2.75, 3.05) is 45.9 Å². The van der Waals surface area contributed by atoms with Gasteiger partial charge in [-0.1, -0.05) is 5.57 Å². The lowest BCUT2D eigenvalue weighted by atomic mass is 9.68. The summed E-state index contributed by atoms with van der Waals surface area (Å²) in [5.74, 6) is -0.339. The molecule has 2 aliphatic heterocycles. The van der Waals surface area contributed by atoms with Gasteiger partial charge in [0.1, 0.15) is 5.82 Å². The maximum Gasteiger partial charge on any atom is 0.416 e. The number of hydrogen-bond donors (Lipinski definition) is 0. The minimum absolute atomic E-state index is 0.157. The average molecular weight is 577 g/mol. The lowest BCUT2D eigenvalue weighted by Crippen LogP contribution is -2.55. The highest BCUT2D eigenvalue weighted by atomic mass is 32.2. The molecular weight excluding hydrogens is 548 g/mol. The van der Waals surface area contributed by atoms with Gasteiger partial charge < -0.3 is 4.74 Å². The summed E-state index contributed by atoms with van der Waals surface area (Å²) >= 11 is 0. The third-order valence-electron chi connectivity index (χ3n) is 8.04. The van der Waals surface area contributed by atoms with E-state index in [0.29, 0.717) is 32.6 Å². The van der Waals surface area contributed by atoms with Gasteiger partial charge in [0.2, 0.25) is 10.0 Å². The molecule has 2 saturated heterocycles. The number of benzene rings is 2. The summed E-state index contributed by atoms with van der Waals surface area (Å²) in [6.45, 7) is 3.65. The fourth-order valence-corrected chi connectivity index (χ4v) is 7.51. The minimum atomic E-state index is -4.55. The molecule has 3 aromatic rings. The van der Waals surface area contributed by atoms with Gasteiger partial charge in [0, 0.05) is 38.1 Å². The van der Waals surface area contributed by atoms with Crippen LogP contribution in [0.2, 0.25) is 0 Å². The maximum absolute atomic E-state index is 13.7. The van der Waals surface area contributed by atoms with Crippen molar-refractivity contribution in [1.82, 2.24) is 19.0 Å². The summed E-state index contributed by atoms with van der Waals surface area (Å²) in [7, 11) is -4.03. The lowest BCUT2D eigenvalue weighted by molar-refractivity contribution is -0.137. The Bertz CT molecular complexity index is 1530. The van der Waals surface area contributed by atoms with Gasteiger partial charge in [0.05, 0.1) is 41.3 Å². The molecule has 1 unspecified atom stereocenters. The number of fused-ring (bicyclic) bond motifs is 2. The topological polar surface area (TPSA) is 67.7 Å². The summed E-state index contributed by atoms with van der Waals surface area (Å²) < 4.78 is 88.8. The van der Waals surface area contributed by atoms with E-state index in [0.717, 1.165) is 59.9 Å². The number of halogens is 4. The molecule has 2 fully saturated rings. The van der Waals surface area contributed by atoms with Gasteiger partial charge in [-0.2, -0.15) is 22.6 Å². The van der Waals surface area contributed by atoms with Gasteiger partial charge >= 0.3 is 6.18 Å². The Labute approximate surface area is 229 Å². The van der Waals surface area contributed by atoms with E-state index in [-0.39, 0.29) is 23.8 Å². The summed E-state index contributed by atoms with van der Waals surface area (Å²) in [5, 5.41) is 4.57. The van der Waals surface area contributed by atoms with Crippen molar-refractivity contribution in [1.29, 1.82) is 0 Å². The average Bonchev–Trinajstić information content (AvgIpc) is 3.34. The molecule has 3 heterocycles. The Morgan fingerprint density at radius 1 is 0.975 bits per heavy atom. The zero-order valence-electron chi connectivity index (χ0n) is 21.6. The number of sulfonamides is 1. The number of alkyl halides is 3. The smallest absolute Gasteiger partial charge is 0.379 e. The summed E-state index contributed by atoms with van der Waals surface area (Å²) in [4.78, 5) is 2.12. The van der Waals surface area contributed by atoms with Crippen LogP contribution in [0.3, 0.4) is 0 Å². The number of piperidine rings is 1. The first-order chi connectivity index (χ1) is 19.0. The van der Waals surface area contributed by atoms with Gasteiger partial charge in [-0.05, 0) is 73.0 Å². The van der Waals surface area contributed by atoms with Crippen molar-refractivity contribution >= 4 is 16.1 Å². The third kappa shape index (κ3) is 4.98. The van der Waals surface area contributed by atoms with Crippen molar-refractivity contribution in [3.63, 3.8) is 0 Å². The largest absolute Gasteiger partial charge is 0.416 e. The number of morpholine rings is 1. The molecule has 3 aliphatic rings. The predicted octanol–water partition coefficient (Wildman–Crippen LogP) is 4.38. The van der Waals surface area contributed by atoms with Crippen LogP contribution in [0.5, 0.6) is 0 Å². The zero-order chi connectivity index (χ0) is 28.1. The van der Waals surface area contributed by atoms with Gasteiger partial charge in [0.25, 0.3) is 0 Å². The molecule has 0 bridgehead atoms. The van der Waals surface area contributed by atoms with E-state index in [9.17, 15) is 26.0 Å². The third-order valence-corrected chi connectivity index (χ3v) is 9.90. The molecule has 40 heavy (non-hydrogen) atoms. The van der Waals surface area contributed by atoms with Crippen molar-refractivity contribution < 1.29 is 30.7 Å². The van der Waals surface area contributed by atoms with Crippen LogP contribution in [0.1, 0.15) is 23.2 Å². The molecule has 0 saturated carbocycles. The minimum Gasteiger partial charge on any atom is -0.379 e. The quantitative estimate of drug-likeness (QED) is 0.422. The van der Waals surface area contributed by atoms with Crippen LogP contribution in [-0.4, -0.2) is 73.3 Å². The van der Waals surface area contributed by atoms with Crippen LogP contribution in [0.25, 0.3) is 11.8 Å². The van der Waals surface area contributed by atoms with E-state index in [1.807, 2.05) is 0 Å².